The molecule has 0 aliphatic carbocycles. The highest BCUT2D eigenvalue weighted by molar-refractivity contribution is 5.96. The standard InChI is InChI=1S/C18H18N4O3/c1-2-24-17(23)14-7-3-4-8-15(14)21-18-19-10-9-16(22-18)20-12-13-6-5-11-25-13/h3-11H,2,12H2,1H3,(H2,19,20,21,22). The van der Waals surface area contributed by atoms with E-state index in [0.717, 1.165) is 5.76 Å². The largest absolute Gasteiger partial charge is 0.467 e. The second kappa shape index (κ2) is 7.96. The number of esters is 1. The summed E-state index contributed by atoms with van der Waals surface area (Å²) in [5.41, 5.74) is 1.02. The van der Waals surface area contributed by atoms with Gasteiger partial charge in [0, 0.05) is 6.20 Å². The lowest BCUT2D eigenvalue weighted by Gasteiger charge is -2.11. The molecule has 0 aliphatic heterocycles. The summed E-state index contributed by atoms with van der Waals surface area (Å²) < 4.78 is 10.3. The molecule has 1 aromatic carbocycles. The molecule has 0 saturated carbocycles. The molecule has 0 unspecified atom stereocenters. The van der Waals surface area contributed by atoms with E-state index in [1.807, 2.05) is 18.2 Å². The fourth-order valence-corrected chi connectivity index (χ4v) is 2.21. The molecule has 3 aromatic rings. The summed E-state index contributed by atoms with van der Waals surface area (Å²) in [6, 6.07) is 12.5. The smallest absolute Gasteiger partial charge is 0.340 e. The van der Waals surface area contributed by atoms with Gasteiger partial charge in [-0.05, 0) is 37.3 Å². The third kappa shape index (κ3) is 4.35. The first-order valence-electron chi connectivity index (χ1n) is 7.88. The fraction of sp³-hybridized carbons (Fsp3) is 0.167. The molecular weight excluding hydrogens is 320 g/mol. The second-order valence-electron chi connectivity index (χ2n) is 5.09. The maximum absolute atomic E-state index is 12.0. The molecule has 3 rings (SSSR count). The topological polar surface area (TPSA) is 89.3 Å². The zero-order chi connectivity index (χ0) is 17.5. The van der Waals surface area contributed by atoms with E-state index in [9.17, 15) is 4.79 Å². The minimum atomic E-state index is -0.391. The van der Waals surface area contributed by atoms with Gasteiger partial charge in [0.15, 0.2) is 0 Å². The van der Waals surface area contributed by atoms with E-state index in [-0.39, 0.29) is 0 Å². The average Bonchev–Trinajstić information content (AvgIpc) is 3.15. The van der Waals surface area contributed by atoms with Gasteiger partial charge in [-0.25, -0.2) is 9.78 Å². The predicted octanol–water partition coefficient (Wildman–Crippen LogP) is 3.60. The number of ether oxygens (including phenoxy) is 1. The van der Waals surface area contributed by atoms with E-state index in [4.69, 9.17) is 9.15 Å². The van der Waals surface area contributed by atoms with E-state index in [0.29, 0.717) is 36.2 Å². The van der Waals surface area contributed by atoms with Crippen LogP contribution in [0, 0.1) is 0 Å². The molecule has 0 saturated heterocycles. The summed E-state index contributed by atoms with van der Waals surface area (Å²) in [7, 11) is 0. The molecule has 0 fully saturated rings. The van der Waals surface area contributed by atoms with Crippen molar-refractivity contribution in [2.75, 3.05) is 17.2 Å². The van der Waals surface area contributed by atoms with Crippen LogP contribution in [0.25, 0.3) is 0 Å². The van der Waals surface area contributed by atoms with E-state index < -0.39 is 5.97 Å². The van der Waals surface area contributed by atoms with Crippen molar-refractivity contribution >= 4 is 23.4 Å². The Morgan fingerprint density at radius 1 is 1.20 bits per heavy atom. The Morgan fingerprint density at radius 2 is 2.08 bits per heavy atom. The number of rotatable bonds is 7. The molecule has 0 bridgehead atoms. The van der Waals surface area contributed by atoms with Crippen LogP contribution >= 0.6 is 0 Å². The first kappa shape index (κ1) is 16.5. The van der Waals surface area contributed by atoms with Gasteiger partial charge in [0.2, 0.25) is 5.95 Å². The maximum atomic E-state index is 12.0. The molecule has 2 heterocycles. The number of nitrogens with zero attached hydrogens (tertiary/aromatic N) is 2. The number of carbonyl (C=O) groups is 1. The van der Waals surface area contributed by atoms with E-state index in [1.54, 1.807) is 43.6 Å². The number of carbonyl (C=O) groups excluding carboxylic acids is 1. The molecule has 0 atom stereocenters. The molecule has 2 N–H and O–H groups in total. The lowest BCUT2D eigenvalue weighted by atomic mass is 10.2. The Hall–Kier alpha value is -3.35. The SMILES string of the molecule is CCOC(=O)c1ccccc1Nc1nccc(NCc2ccco2)n1. The van der Waals surface area contributed by atoms with Gasteiger partial charge in [0.25, 0.3) is 0 Å². The zero-order valence-electron chi connectivity index (χ0n) is 13.7. The summed E-state index contributed by atoms with van der Waals surface area (Å²) in [6.07, 6.45) is 3.25. The van der Waals surface area contributed by atoms with Crippen LogP contribution < -0.4 is 10.6 Å². The Kier molecular flexibility index (Phi) is 5.26. The summed E-state index contributed by atoms with van der Waals surface area (Å²) in [4.78, 5) is 20.6. The number of nitrogens with one attached hydrogen (secondary N) is 2. The van der Waals surface area contributed by atoms with Crippen molar-refractivity contribution in [2.45, 2.75) is 13.5 Å². The lowest BCUT2D eigenvalue weighted by molar-refractivity contribution is 0.0527. The molecule has 7 heteroatoms. The predicted molar refractivity (Wildman–Crippen MR) is 93.7 cm³/mol. The quantitative estimate of drug-likeness (QED) is 0.636. The van der Waals surface area contributed by atoms with Gasteiger partial charge in [-0.3, -0.25) is 0 Å². The van der Waals surface area contributed by atoms with Crippen LogP contribution in [-0.4, -0.2) is 22.5 Å². The average molecular weight is 338 g/mol. The number of aromatic nitrogens is 2. The normalized spacial score (nSPS) is 10.3. The number of benzene rings is 1. The fourth-order valence-electron chi connectivity index (χ4n) is 2.21. The number of hydrogen-bond acceptors (Lipinski definition) is 7. The number of anilines is 3. The van der Waals surface area contributed by atoms with E-state index >= 15 is 0 Å². The van der Waals surface area contributed by atoms with Gasteiger partial charge in [-0.2, -0.15) is 4.98 Å². The van der Waals surface area contributed by atoms with Crippen molar-refractivity contribution in [3.63, 3.8) is 0 Å². The molecule has 7 nitrogen and oxygen atoms in total. The minimum Gasteiger partial charge on any atom is -0.467 e. The molecule has 0 aliphatic rings. The van der Waals surface area contributed by atoms with Crippen molar-refractivity contribution in [1.82, 2.24) is 9.97 Å². The highest BCUT2D eigenvalue weighted by Gasteiger charge is 2.12. The zero-order valence-corrected chi connectivity index (χ0v) is 13.7. The van der Waals surface area contributed by atoms with Gasteiger partial charge >= 0.3 is 5.97 Å². The van der Waals surface area contributed by atoms with E-state index in [2.05, 4.69) is 20.6 Å². The van der Waals surface area contributed by atoms with E-state index in [1.165, 1.54) is 0 Å². The van der Waals surface area contributed by atoms with Gasteiger partial charge in [0.1, 0.15) is 11.6 Å². The van der Waals surface area contributed by atoms with Gasteiger partial charge in [0.05, 0.1) is 30.7 Å². The summed E-state index contributed by atoms with van der Waals surface area (Å²) >= 11 is 0. The first-order valence-corrected chi connectivity index (χ1v) is 7.88. The van der Waals surface area contributed by atoms with Crippen LogP contribution in [0.1, 0.15) is 23.0 Å². The maximum Gasteiger partial charge on any atom is 0.340 e. The van der Waals surface area contributed by atoms with Crippen LogP contribution in [-0.2, 0) is 11.3 Å². The van der Waals surface area contributed by atoms with Gasteiger partial charge in [-0.1, -0.05) is 12.1 Å². The summed E-state index contributed by atoms with van der Waals surface area (Å²) in [5.74, 6) is 1.43. The van der Waals surface area contributed by atoms with Crippen LogP contribution in [0.2, 0.25) is 0 Å². The van der Waals surface area contributed by atoms with Gasteiger partial charge in [-0.15, -0.1) is 0 Å². The molecule has 25 heavy (non-hydrogen) atoms. The molecule has 0 spiro atoms. The number of hydrogen-bond donors (Lipinski definition) is 2. The highest BCUT2D eigenvalue weighted by atomic mass is 16.5. The Balaban J connectivity index is 1.73. The summed E-state index contributed by atoms with van der Waals surface area (Å²) in [6.45, 7) is 2.60. The van der Waals surface area contributed by atoms with Gasteiger partial charge < -0.3 is 19.8 Å². The Labute approximate surface area is 145 Å². The molecule has 128 valence electrons. The first-order chi connectivity index (χ1) is 12.3. The Morgan fingerprint density at radius 3 is 2.88 bits per heavy atom. The van der Waals surface area contributed by atoms with Crippen molar-refractivity contribution < 1.29 is 13.9 Å². The monoisotopic (exact) mass is 338 g/mol. The van der Waals surface area contributed by atoms with Crippen LogP contribution in [0.4, 0.5) is 17.5 Å². The van der Waals surface area contributed by atoms with Crippen LogP contribution in [0.5, 0.6) is 0 Å². The van der Waals surface area contributed by atoms with Crippen molar-refractivity contribution in [3.8, 4) is 0 Å². The second-order valence-corrected chi connectivity index (χ2v) is 5.09. The van der Waals surface area contributed by atoms with Crippen molar-refractivity contribution in [3.05, 3.63) is 66.2 Å². The number of furan rings is 1. The van der Waals surface area contributed by atoms with Crippen molar-refractivity contribution in [2.24, 2.45) is 0 Å². The molecule has 0 amide bonds. The third-order valence-corrected chi connectivity index (χ3v) is 3.35. The highest BCUT2D eigenvalue weighted by Crippen LogP contribution is 2.20. The Bertz CT molecular complexity index is 834. The van der Waals surface area contributed by atoms with Crippen LogP contribution in [0.3, 0.4) is 0 Å². The number of para-hydroxylation sites is 1. The summed E-state index contributed by atoms with van der Waals surface area (Å²) in [5, 5.41) is 6.21. The molecular formula is C18H18N4O3. The third-order valence-electron chi connectivity index (χ3n) is 3.35. The molecule has 0 radical (unpaired) electrons. The molecule has 2 aromatic heterocycles. The minimum absolute atomic E-state index is 0.315. The lowest BCUT2D eigenvalue weighted by Crippen LogP contribution is -2.09. The van der Waals surface area contributed by atoms with Crippen molar-refractivity contribution in [1.29, 1.82) is 0 Å². The van der Waals surface area contributed by atoms with Crippen LogP contribution in [0.15, 0.2) is 59.3 Å².